The predicted octanol–water partition coefficient (Wildman–Crippen LogP) is -0.0165. The Labute approximate surface area is 137 Å². The van der Waals surface area contributed by atoms with E-state index < -0.39 is 10.0 Å². The van der Waals surface area contributed by atoms with Crippen LogP contribution < -0.4 is 14.2 Å². The van der Waals surface area contributed by atoms with E-state index in [9.17, 15) is 8.42 Å². The summed E-state index contributed by atoms with van der Waals surface area (Å²) in [6.45, 7) is 6.04. The number of hydrogen-bond acceptors (Lipinski definition) is 6. The predicted molar refractivity (Wildman–Crippen MR) is 86.6 cm³/mol. The van der Waals surface area contributed by atoms with Crippen molar-refractivity contribution in [2.75, 3.05) is 59.5 Å². The molecule has 1 saturated heterocycles. The van der Waals surface area contributed by atoms with Crippen LogP contribution in [0, 0.1) is 0 Å². The molecule has 23 heavy (non-hydrogen) atoms. The third-order valence-electron chi connectivity index (χ3n) is 4.14. The quantitative estimate of drug-likeness (QED) is 0.812. The molecule has 1 fully saturated rings. The molecule has 3 rings (SSSR count). The maximum atomic E-state index is 12.4. The van der Waals surface area contributed by atoms with Crippen LogP contribution in [-0.4, -0.2) is 77.7 Å². The zero-order chi connectivity index (χ0) is 16.3. The van der Waals surface area contributed by atoms with Crippen molar-refractivity contribution >= 4 is 10.0 Å². The fourth-order valence-corrected chi connectivity index (χ4v) is 3.72. The summed E-state index contributed by atoms with van der Waals surface area (Å²) in [5.41, 5.74) is 0. The summed E-state index contributed by atoms with van der Waals surface area (Å²) >= 11 is 0. The Hall–Kier alpha value is -1.35. The molecular weight excluding hydrogens is 318 g/mol. The lowest BCUT2D eigenvalue weighted by Crippen LogP contribution is -2.46. The van der Waals surface area contributed by atoms with E-state index in [1.54, 1.807) is 12.1 Å². The van der Waals surface area contributed by atoms with Gasteiger partial charge < -0.3 is 14.4 Å². The van der Waals surface area contributed by atoms with Gasteiger partial charge >= 0.3 is 0 Å². The summed E-state index contributed by atoms with van der Waals surface area (Å²) < 4.78 is 38.3. The fraction of sp³-hybridized carbons (Fsp3) is 0.600. The van der Waals surface area contributed by atoms with Crippen LogP contribution in [0.3, 0.4) is 0 Å². The molecule has 0 bridgehead atoms. The van der Waals surface area contributed by atoms with Crippen molar-refractivity contribution in [1.29, 1.82) is 0 Å². The summed E-state index contributed by atoms with van der Waals surface area (Å²) in [6.07, 6.45) is 0. The van der Waals surface area contributed by atoms with Crippen LogP contribution >= 0.6 is 0 Å². The van der Waals surface area contributed by atoms with Crippen molar-refractivity contribution in [3.05, 3.63) is 18.2 Å². The van der Waals surface area contributed by atoms with E-state index in [1.165, 1.54) is 6.07 Å². The highest BCUT2D eigenvalue weighted by atomic mass is 32.2. The molecule has 2 aliphatic rings. The molecule has 1 N–H and O–H groups in total. The first-order chi connectivity index (χ1) is 11.0. The van der Waals surface area contributed by atoms with Crippen LogP contribution in [-0.2, 0) is 10.0 Å². The lowest BCUT2D eigenvalue weighted by molar-refractivity contribution is 0.156. The van der Waals surface area contributed by atoms with E-state index in [0.29, 0.717) is 31.3 Å². The van der Waals surface area contributed by atoms with Gasteiger partial charge in [0.1, 0.15) is 13.2 Å². The number of likely N-dealkylation sites (N-methyl/N-ethyl adjacent to an activating group) is 1. The highest BCUT2D eigenvalue weighted by Crippen LogP contribution is 2.32. The topological polar surface area (TPSA) is 71.1 Å². The minimum atomic E-state index is -3.53. The molecule has 128 valence electrons. The molecule has 1 aromatic carbocycles. The Morgan fingerprint density at radius 3 is 2.52 bits per heavy atom. The molecule has 0 unspecified atom stereocenters. The largest absolute Gasteiger partial charge is 0.486 e. The van der Waals surface area contributed by atoms with Gasteiger partial charge in [0, 0.05) is 45.3 Å². The van der Waals surface area contributed by atoms with Gasteiger partial charge in [-0.1, -0.05) is 0 Å². The maximum Gasteiger partial charge on any atom is 0.240 e. The third-order valence-corrected chi connectivity index (χ3v) is 5.60. The first kappa shape index (κ1) is 16.5. The van der Waals surface area contributed by atoms with E-state index in [2.05, 4.69) is 21.6 Å². The first-order valence-corrected chi connectivity index (χ1v) is 9.33. The van der Waals surface area contributed by atoms with Gasteiger partial charge in [-0.3, -0.25) is 4.90 Å². The van der Waals surface area contributed by atoms with Gasteiger partial charge in [-0.05, 0) is 19.2 Å². The van der Waals surface area contributed by atoms with Crippen LogP contribution in [0.5, 0.6) is 11.5 Å². The molecule has 7 nitrogen and oxygen atoms in total. The SMILES string of the molecule is CN1CCN(CCNS(=O)(=O)c2ccc3c(c2)OCCO3)CC1. The number of fused-ring (bicyclic) bond motifs is 1. The van der Waals surface area contributed by atoms with Crippen molar-refractivity contribution in [2.24, 2.45) is 0 Å². The second-order valence-corrected chi connectivity index (χ2v) is 7.62. The Kier molecular flexibility index (Phi) is 5.05. The Morgan fingerprint density at radius 2 is 1.78 bits per heavy atom. The van der Waals surface area contributed by atoms with Crippen molar-refractivity contribution in [1.82, 2.24) is 14.5 Å². The van der Waals surface area contributed by atoms with E-state index in [1.807, 2.05) is 0 Å². The Balaban J connectivity index is 1.56. The van der Waals surface area contributed by atoms with Crippen LogP contribution in [0.15, 0.2) is 23.1 Å². The second-order valence-electron chi connectivity index (χ2n) is 5.85. The lowest BCUT2D eigenvalue weighted by Gasteiger charge is -2.32. The number of nitrogens with one attached hydrogen (secondary N) is 1. The molecular formula is C15H23N3O4S. The van der Waals surface area contributed by atoms with E-state index in [4.69, 9.17) is 9.47 Å². The molecule has 0 aromatic heterocycles. The van der Waals surface area contributed by atoms with Crippen molar-refractivity contribution in [3.63, 3.8) is 0 Å². The average molecular weight is 341 g/mol. The summed E-state index contributed by atoms with van der Waals surface area (Å²) in [4.78, 5) is 4.75. The van der Waals surface area contributed by atoms with Crippen molar-refractivity contribution < 1.29 is 17.9 Å². The second kappa shape index (κ2) is 7.04. The minimum absolute atomic E-state index is 0.208. The number of hydrogen-bond donors (Lipinski definition) is 1. The molecule has 0 radical (unpaired) electrons. The van der Waals surface area contributed by atoms with Gasteiger partial charge in [0.2, 0.25) is 10.0 Å². The highest BCUT2D eigenvalue weighted by Gasteiger charge is 2.20. The van der Waals surface area contributed by atoms with Crippen molar-refractivity contribution in [2.45, 2.75) is 4.90 Å². The van der Waals surface area contributed by atoms with Gasteiger partial charge in [-0.2, -0.15) is 0 Å². The fourth-order valence-electron chi connectivity index (χ4n) is 2.68. The zero-order valence-electron chi connectivity index (χ0n) is 13.3. The summed E-state index contributed by atoms with van der Waals surface area (Å²) in [5.74, 6) is 1.07. The summed E-state index contributed by atoms with van der Waals surface area (Å²) in [5, 5.41) is 0. The van der Waals surface area contributed by atoms with Gasteiger partial charge in [-0.25, -0.2) is 13.1 Å². The summed E-state index contributed by atoms with van der Waals surface area (Å²) in [7, 11) is -1.43. The van der Waals surface area contributed by atoms with E-state index >= 15 is 0 Å². The standard InChI is InChI=1S/C15H23N3O4S/c1-17-6-8-18(9-7-17)5-4-16-23(19,20)13-2-3-14-15(12-13)22-11-10-21-14/h2-3,12,16H,4-11H2,1H3. The number of sulfonamides is 1. The molecule has 0 spiro atoms. The molecule has 8 heteroatoms. The molecule has 1 aromatic rings. The monoisotopic (exact) mass is 341 g/mol. The molecule has 2 aliphatic heterocycles. The Morgan fingerprint density at radius 1 is 1.09 bits per heavy atom. The zero-order valence-corrected chi connectivity index (χ0v) is 14.1. The average Bonchev–Trinajstić information content (AvgIpc) is 2.56. The van der Waals surface area contributed by atoms with Gasteiger partial charge in [-0.15, -0.1) is 0 Å². The third kappa shape index (κ3) is 4.14. The van der Waals surface area contributed by atoms with Gasteiger partial charge in [0.15, 0.2) is 11.5 Å². The number of rotatable bonds is 5. The van der Waals surface area contributed by atoms with Gasteiger partial charge in [0.25, 0.3) is 0 Å². The molecule has 0 aliphatic carbocycles. The number of ether oxygens (including phenoxy) is 2. The van der Waals surface area contributed by atoms with E-state index in [0.717, 1.165) is 32.7 Å². The first-order valence-electron chi connectivity index (χ1n) is 7.85. The molecule has 0 atom stereocenters. The highest BCUT2D eigenvalue weighted by molar-refractivity contribution is 7.89. The van der Waals surface area contributed by atoms with Crippen LogP contribution in [0.1, 0.15) is 0 Å². The summed E-state index contributed by atoms with van der Waals surface area (Å²) in [6, 6.07) is 4.71. The minimum Gasteiger partial charge on any atom is -0.486 e. The van der Waals surface area contributed by atoms with Crippen molar-refractivity contribution in [3.8, 4) is 11.5 Å². The molecule has 2 heterocycles. The molecule has 0 saturated carbocycles. The molecule has 0 amide bonds. The lowest BCUT2D eigenvalue weighted by atomic mass is 10.3. The normalized spacial score (nSPS) is 19.7. The van der Waals surface area contributed by atoms with Crippen LogP contribution in [0.4, 0.5) is 0 Å². The number of nitrogens with zero attached hydrogens (tertiary/aromatic N) is 2. The van der Waals surface area contributed by atoms with Crippen LogP contribution in [0.25, 0.3) is 0 Å². The van der Waals surface area contributed by atoms with Gasteiger partial charge in [0.05, 0.1) is 4.90 Å². The number of piperazine rings is 1. The maximum absolute atomic E-state index is 12.4. The Bertz CT molecular complexity index is 642. The smallest absolute Gasteiger partial charge is 0.240 e. The van der Waals surface area contributed by atoms with E-state index in [-0.39, 0.29) is 4.90 Å². The number of benzene rings is 1. The van der Waals surface area contributed by atoms with Crippen LogP contribution in [0.2, 0.25) is 0 Å².